The average Bonchev–Trinajstić information content (AvgIpc) is 2.86. The molecule has 1 fully saturated rings. The molecule has 2 aliphatic heterocycles. The van der Waals surface area contributed by atoms with E-state index in [-0.39, 0.29) is 5.91 Å². The van der Waals surface area contributed by atoms with Crippen LogP contribution in [0.15, 0.2) is 29.3 Å². The number of benzene rings is 1. The third-order valence-corrected chi connectivity index (χ3v) is 5.35. The van der Waals surface area contributed by atoms with Crippen molar-refractivity contribution in [3.8, 4) is 0 Å². The lowest BCUT2D eigenvalue weighted by atomic mass is 10.1. The molecule has 6 nitrogen and oxygen atoms in total. The van der Waals surface area contributed by atoms with Crippen molar-refractivity contribution in [2.45, 2.75) is 37.8 Å². The van der Waals surface area contributed by atoms with Crippen LogP contribution >= 0.6 is 23.4 Å². The minimum atomic E-state index is -0.537. The van der Waals surface area contributed by atoms with Crippen molar-refractivity contribution >= 4 is 40.5 Å². The normalized spacial score (nSPS) is 23.5. The number of rotatable bonds is 3. The third-order valence-electron chi connectivity index (χ3n) is 3.96. The molecule has 0 spiro atoms. The Morgan fingerprint density at radius 2 is 2.04 bits per heavy atom. The summed E-state index contributed by atoms with van der Waals surface area (Å²) in [6, 6.07) is 6.59. The van der Waals surface area contributed by atoms with Crippen LogP contribution < -0.4 is 5.32 Å². The molecule has 8 heteroatoms. The van der Waals surface area contributed by atoms with Gasteiger partial charge in [-0.1, -0.05) is 55.4 Å². The average molecular weight is 367 g/mol. The van der Waals surface area contributed by atoms with Gasteiger partial charge in [0.2, 0.25) is 0 Å². The summed E-state index contributed by atoms with van der Waals surface area (Å²) in [5.74, 6) is -0.321. The minimum absolute atomic E-state index is 0.307. The molecule has 0 bridgehead atoms. The van der Waals surface area contributed by atoms with E-state index in [1.807, 2.05) is 29.2 Å². The van der Waals surface area contributed by atoms with Gasteiger partial charge >= 0.3 is 6.03 Å². The van der Waals surface area contributed by atoms with Crippen LogP contribution in [0.3, 0.4) is 0 Å². The second kappa shape index (κ2) is 6.64. The molecule has 0 aliphatic carbocycles. The zero-order valence-corrected chi connectivity index (χ0v) is 15.3. The summed E-state index contributed by atoms with van der Waals surface area (Å²) >= 11 is 7.86. The number of thioether (sulfide) groups is 1. The van der Waals surface area contributed by atoms with Gasteiger partial charge in [-0.05, 0) is 11.6 Å². The number of aliphatic imine (C=N–C) groups is 1. The number of fused-ring (bicyclic) bond motifs is 1. The summed E-state index contributed by atoms with van der Waals surface area (Å²) in [6.07, 6.45) is -0.505. The molecule has 1 saturated heterocycles. The fourth-order valence-corrected chi connectivity index (χ4v) is 3.89. The molecule has 24 heavy (non-hydrogen) atoms. The van der Waals surface area contributed by atoms with Crippen LogP contribution in [-0.2, 0) is 11.3 Å². The fraction of sp³-hybridized carbons (Fsp3) is 0.438. The topological polar surface area (TPSA) is 65.0 Å². The molecule has 1 aromatic rings. The van der Waals surface area contributed by atoms with E-state index in [4.69, 9.17) is 11.6 Å². The van der Waals surface area contributed by atoms with Crippen molar-refractivity contribution in [3.05, 3.63) is 34.9 Å². The van der Waals surface area contributed by atoms with Gasteiger partial charge in [0.1, 0.15) is 0 Å². The quantitative estimate of drug-likeness (QED) is 0.892. The number of amidine groups is 1. The number of likely N-dealkylation sites (N-methyl/N-ethyl adjacent to an activating group) is 1. The predicted molar refractivity (Wildman–Crippen MR) is 96.0 cm³/mol. The van der Waals surface area contributed by atoms with Gasteiger partial charge in [-0.2, -0.15) is 0 Å². The van der Waals surface area contributed by atoms with Gasteiger partial charge in [0, 0.05) is 23.9 Å². The standard InChI is InChI=1S/C16H19ClN4O2S/c1-9(2)24-16-18-13-12(14(22)19-15(23)20(13)3)21(16)8-10-6-4-5-7-11(10)17/h4-7,9,12-13H,8H2,1-3H3,(H,19,22,23). The van der Waals surface area contributed by atoms with Crippen LogP contribution in [0.2, 0.25) is 5.02 Å². The van der Waals surface area contributed by atoms with Gasteiger partial charge in [-0.25, -0.2) is 9.79 Å². The van der Waals surface area contributed by atoms with Gasteiger partial charge in [-0.3, -0.25) is 10.1 Å². The summed E-state index contributed by atoms with van der Waals surface area (Å²) in [7, 11) is 1.65. The molecular weight excluding hydrogens is 348 g/mol. The fourth-order valence-electron chi connectivity index (χ4n) is 2.79. The van der Waals surface area contributed by atoms with Crippen LogP contribution in [0.25, 0.3) is 0 Å². The zero-order valence-electron chi connectivity index (χ0n) is 13.7. The van der Waals surface area contributed by atoms with E-state index in [1.165, 1.54) is 4.90 Å². The Bertz CT molecular complexity index is 709. The maximum absolute atomic E-state index is 12.4. The smallest absolute Gasteiger partial charge is 0.325 e. The second-order valence-electron chi connectivity index (χ2n) is 6.06. The first-order valence-corrected chi connectivity index (χ1v) is 8.96. The Kier molecular flexibility index (Phi) is 4.73. The minimum Gasteiger partial charge on any atom is -0.331 e. The van der Waals surface area contributed by atoms with Crippen molar-refractivity contribution in [2.75, 3.05) is 7.05 Å². The largest absolute Gasteiger partial charge is 0.331 e. The highest BCUT2D eigenvalue weighted by Gasteiger charge is 2.48. The van der Waals surface area contributed by atoms with E-state index >= 15 is 0 Å². The van der Waals surface area contributed by atoms with Gasteiger partial charge in [0.25, 0.3) is 5.91 Å². The second-order valence-corrected chi connectivity index (χ2v) is 8.01. The lowest BCUT2D eigenvalue weighted by molar-refractivity contribution is -0.127. The lowest BCUT2D eigenvalue weighted by Crippen LogP contribution is -2.63. The summed E-state index contributed by atoms with van der Waals surface area (Å²) in [4.78, 5) is 32.4. The summed E-state index contributed by atoms with van der Waals surface area (Å²) in [5.41, 5.74) is 0.921. The molecule has 0 saturated carbocycles. The van der Waals surface area contributed by atoms with Crippen LogP contribution in [0.5, 0.6) is 0 Å². The maximum Gasteiger partial charge on any atom is 0.325 e. The Hall–Kier alpha value is -1.73. The molecule has 3 amide bonds. The van der Waals surface area contributed by atoms with Gasteiger partial charge in [0.05, 0.1) is 0 Å². The van der Waals surface area contributed by atoms with Crippen LogP contribution in [-0.4, -0.2) is 51.4 Å². The number of carbonyl (C=O) groups is 2. The highest BCUT2D eigenvalue weighted by molar-refractivity contribution is 8.14. The first-order valence-electron chi connectivity index (χ1n) is 7.70. The van der Waals surface area contributed by atoms with Crippen molar-refractivity contribution in [3.63, 3.8) is 0 Å². The number of carbonyl (C=O) groups excluding carboxylic acids is 2. The molecule has 128 valence electrons. The maximum atomic E-state index is 12.4. The van der Waals surface area contributed by atoms with E-state index in [2.05, 4.69) is 24.2 Å². The Labute approximate surface area is 150 Å². The Morgan fingerprint density at radius 3 is 2.71 bits per heavy atom. The SMILES string of the molecule is CC(C)SC1=NC2C(C(=O)NC(=O)N2C)N1Cc1ccccc1Cl. The first kappa shape index (κ1) is 17.1. The summed E-state index contributed by atoms with van der Waals surface area (Å²) < 4.78 is 0. The highest BCUT2D eigenvalue weighted by Crippen LogP contribution is 2.32. The number of nitrogens with one attached hydrogen (secondary N) is 1. The Morgan fingerprint density at radius 1 is 1.33 bits per heavy atom. The van der Waals surface area contributed by atoms with Gasteiger partial charge in [0.15, 0.2) is 17.4 Å². The van der Waals surface area contributed by atoms with Crippen molar-refractivity contribution in [2.24, 2.45) is 4.99 Å². The van der Waals surface area contributed by atoms with E-state index in [0.717, 1.165) is 10.7 Å². The van der Waals surface area contributed by atoms with Gasteiger partial charge in [-0.15, -0.1) is 0 Å². The monoisotopic (exact) mass is 366 g/mol. The first-order chi connectivity index (χ1) is 11.4. The molecule has 2 heterocycles. The Balaban J connectivity index is 1.95. The van der Waals surface area contributed by atoms with E-state index < -0.39 is 18.2 Å². The number of urea groups is 1. The number of halogens is 1. The number of hydrogen-bond acceptors (Lipinski definition) is 5. The number of nitrogens with zero attached hydrogens (tertiary/aromatic N) is 3. The van der Waals surface area contributed by atoms with Gasteiger partial charge < -0.3 is 9.80 Å². The summed E-state index contributed by atoms with van der Waals surface area (Å²) in [5, 5.41) is 4.11. The molecule has 1 aromatic carbocycles. The predicted octanol–water partition coefficient (Wildman–Crippen LogP) is 2.53. The van der Waals surface area contributed by atoms with E-state index in [0.29, 0.717) is 16.8 Å². The zero-order chi connectivity index (χ0) is 17.4. The van der Waals surface area contributed by atoms with E-state index in [9.17, 15) is 9.59 Å². The number of imide groups is 1. The van der Waals surface area contributed by atoms with Crippen LogP contribution in [0.1, 0.15) is 19.4 Å². The number of hydrogen-bond donors (Lipinski definition) is 1. The molecule has 3 rings (SSSR count). The number of amides is 3. The highest BCUT2D eigenvalue weighted by atomic mass is 35.5. The molecule has 1 N–H and O–H groups in total. The molecule has 0 radical (unpaired) electrons. The van der Waals surface area contributed by atoms with Crippen LogP contribution in [0, 0.1) is 0 Å². The third kappa shape index (κ3) is 3.10. The van der Waals surface area contributed by atoms with Crippen molar-refractivity contribution < 1.29 is 9.59 Å². The van der Waals surface area contributed by atoms with Crippen molar-refractivity contribution in [1.29, 1.82) is 0 Å². The summed E-state index contributed by atoms with van der Waals surface area (Å²) in [6.45, 7) is 4.60. The molecule has 2 unspecified atom stereocenters. The van der Waals surface area contributed by atoms with Crippen LogP contribution in [0.4, 0.5) is 4.79 Å². The molecular formula is C16H19ClN4O2S. The molecule has 0 aromatic heterocycles. The molecule has 2 atom stereocenters. The lowest BCUT2D eigenvalue weighted by Gasteiger charge is -2.36. The molecule has 2 aliphatic rings. The van der Waals surface area contributed by atoms with E-state index in [1.54, 1.807) is 18.8 Å². The van der Waals surface area contributed by atoms with Crippen molar-refractivity contribution in [1.82, 2.24) is 15.1 Å².